The minimum Gasteiger partial charge on any atom is -0.495 e. The van der Waals surface area contributed by atoms with Crippen LogP contribution >= 0.6 is 0 Å². The molecule has 8 heteroatoms. The van der Waals surface area contributed by atoms with Crippen molar-refractivity contribution in [3.63, 3.8) is 0 Å². The molecule has 2 N–H and O–H groups in total. The molecular weight excluding hydrogens is 450 g/mol. The normalized spacial score (nSPS) is 11.9. The fraction of sp³-hybridized carbons (Fsp3) is 0.0769. The summed E-state index contributed by atoms with van der Waals surface area (Å²) in [6.07, 6.45) is 1.67. The maximum absolute atomic E-state index is 13.0. The van der Waals surface area contributed by atoms with Gasteiger partial charge in [-0.15, -0.1) is 0 Å². The van der Waals surface area contributed by atoms with Gasteiger partial charge in [0.25, 0.3) is 15.9 Å². The Balaban J connectivity index is 1.54. The molecular formula is C26H23N3O4S. The van der Waals surface area contributed by atoms with E-state index < -0.39 is 16.1 Å². The predicted molar refractivity (Wildman–Crippen MR) is 130 cm³/mol. The summed E-state index contributed by atoms with van der Waals surface area (Å²) in [6.45, 7) is 0. The maximum atomic E-state index is 13.0. The Morgan fingerprint density at radius 1 is 0.853 bits per heavy atom. The van der Waals surface area contributed by atoms with Gasteiger partial charge in [-0.05, 0) is 54.1 Å². The van der Waals surface area contributed by atoms with Crippen molar-refractivity contribution in [1.82, 2.24) is 10.3 Å². The summed E-state index contributed by atoms with van der Waals surface area (Å²) in [4.78, 5) is 17.4. The molecule has 0 radical (unpaired) electrons. The topological polar surface area (TPSA) is 97.4 Å². The molecule has 4 rings (SSSR count). The van der Waals surface area contributed by atoms with Gasteiger partial charge in [0.2, 0.25) is 0 Å². The van der Waals surface area contributed by atoms with E-state index in [1.807, 2.05) is 48.5 Å². The summed E-state index contributed by atoms with van der Waals surface area (Å²) in [6, 6.07) is 27.1. The van der Waals surface area contributed by atoms with E-state index in [0.717, 1.165) is 5.56 Å². The van der Waals surface area contributed by atoms with Crippen molar-refractivity contribution in [2.75, 3.05) is 11.8 Å². The third-order valence-corrected chi connectivity index (χ3v) is 6.55. The number of amides is 1. The molecule has 1 amide bonds. The van der Waals surface area contributed by atoms with Crippen LogP contribution in [0.4, 0.5) is 5.69 Å². The summed E-state index contributed by atoms with van der Waals surface area (Å²) in [5.74, 6) is 0.0599. The fourth-order valence-corrected chi connectivity index (χ4v) is 4.52. The van der Waals surface area contributed by atoms with E-state index >= 15 is 0 Å². The summed E-state index contributed by atoms with van der Waals surface area (Å²) >= 11 is 0. The molecule has 34 heavy (non-hydrogen) atoms. The molecule has 1 atom stereocenters. The SMILES string of the molecule is COc1ccccc1NS(=O)(=O)c1ccc(C(=O)NC(c2ccccc2)c2ccccn2)cc1. The Morgan fingerprint density at radius 2 is 1.53 bits per heavy atom. The van der Waals surface area contributed by atoms with Crippen molar-refractivity contribution >= 4 is 21.6 Å². The number of ether oxygens (including phenoxy) is 1. The Hall–Kier alpha value is -4.17. The van der Waals surface area contributed by atoms with Gasteiger partial charge in [0, 0.05) is 11.8 Å². The van der Waals surface area contributed by atoms with Gasteiger partial charge in [-0.3, -0.25) is 14.5 Å². The quantitative estimate of drug-likeness (QED) is 0.395. The molecule has 3 aromatic carbocycles. The van der Waals surface area contributed by atoms with Crippen LogP contribution in [0, 0.1) is 0 Å². The Morgan fingerprint density at radius 3 is 2.21 bits per heavy atom. The van der Waals surface area contributed by atoms with Crippen LogP contribution in [-0.2, 0) is 10.0 Å². The summed E-state index contributed by atoms with van der Waals surface area (Å²) < 4.78 is 33.4. The molecule has 4 aromatic rings. The van der Waals surface area contributed by atoms with Gasteiger partial charge in [0.15, 0.2) is 0 Å². The zero-order valence-corrected chi connectivity index (χ0v) is 19.2. The highest BCUT2D eigenvalue weighted by molar-refractivity contribution is 7.92. The lowest BCUT2D eigenvalue weighted by atomic mass is 10.0. The number of para-hydroxylation sites is 2. The lowest BCUT2D eigenvalue weighted by Gasteiger charge is -2.19. The second kappa shape index (κ2) is 10.2. The van der Waals surface area contributed by atoms with E-state index in [9.17, 15) is 13.2 Å². The van der Waals surface area contributed by atoms with Gasteiger partial charge >= 0.3 is 0 Å². The lowest BCUT2D eigenvalue weighted by Crippen LogP contribution is -2.30. The number of benzene rings is 3. The first-order valence-corrected chi connectivity index (χ1v) is 12.0. The van der Waals surface area contributed by atoms with Crippen LogP contribution in [0.25, 0.3) is 0 Å². The van der Waals surface area contributed by atoms with Crippen molar-refractivity contribution in [3.8, 4) is 5.75 Å². The number of anilines is 1. The molecule has 0 saturated heterocycles. The number of sulfonamides is 1. The largest absolute Gasteiger partial charge is 0.495 e. The Kier molecular flexibility index (Phi) is 6.89. The van der Waals surface area contributed by atoms with Crippen LogP contribution in [0.1, 0.15) is 27.7 Å². The third kappa shape index (κ3) is 5.24. The summed E-state index contributed by atoms with van der Waals surface area (Å²) in [7, 11) is -2.40. The zero-order valence-electron chi connectivity index (χ0n) is 18.4. The number of nitrogens with one attached hydrogen (secondary N) is 2. The minimum atomic E-state index is -3.87. The fourth-order valence-electron chi connectivity index (χ4n) is 3.45. The molecule has 1 unspecified atom stereocenters. The van der Waals surface area contributed by atoms with E-state index in [0.29, 0.717) is 22.7 Å². The van der Waals surface area contributed by atoms with E-state index in [4.69, 9.17) is 4.74 Å². The molecule has 0 bridgehead atoms. The van der Waals surface area contributed by atoms with Gasteiger partial charge < -0.3 is 10.1 Å². The third-order valence-electron chi connectivity index (χ3n) is 5.17. The average Bonchev–Trinajstić information content (AvgIpc) is 2.88. The number of carbonyl (C=O) groups is 1. The molecule has 0 aliphatic carbocycles. The van der Waals surface area contributed by atoms with Crippen LogP contribution < -0.4 is 14.8 Å². The average molecular weight is 474 g/mol. The molecule has 0 aliphatic heterocycles. The van der Waals surface area contributed by atoms with Crippen molar-refractivity contribution in [1.29, 1.82) is 0 Å². The number of rotatable bonds is 8. The summed E-state index contributed by atoms with van der Waals surface area (Å²) in [5.41, 5.74) is 2.23. The number of hydrogen-bond donors (Lipinski definition) is 2. The molecule has 7 nitrogen and oxygen atoms in total. The lowest BCUT2D eigenvalue weighted by molar-refractivity contribution is 0.0942. The van der Waals surface area contributed by atoms with Crippen LogP contribution in [0.5, 0.6) is 5.75 Å². The van der Waals surface area contributed by atoms with Crippen LogP contribution in [0.2, 0.25) is 0 Å². The number of pyridine rings is 1. The molecule has 1 aromatic heterocycles. The molecule has 1 heterocycles. The van der Waals surface area contributed by atoms with E-state index in [1.165, 1.54) is 31.4 Å². The first-order chi connectivity index (χ1) is 16.5. The Labute approximate surface area is 198 Å². The highest BCUT2D eigenvalue weighted by Crippen LogP contribution is 2.26. The van der Waals surface area contributed by atoms with Gasteiger partial charge in [0.05, 0.1) is 29.4 Å². The van der Waals surface area contributed by atoms with Crippen molar-refractivity contribution < 1.29 is 17.9 Å². The van der Waals surface area contributed by atoms with E-state index in [2.05, 4.69) is 15.0 Å². The maximum Gasteiger partial charge on any atom is 0.262 e. The summed E-state index contributed by atoms with van der Waals surface area (Å²) in [5, 5.41) is 3.00. The van der Waals surface area contributed by atoms with Crippen molar-refractivity contribution in [2.45, 2.75) is 10.9 Å². The van der Waals surface area contributed by atoms with Crippen LogP contribution in [0.3, 0.4) is 0 Å². The number of methoxy groups -OCH3 is 1. The molecule has 0 spiro atoms. The van der Waals surface area contributed by atoms with Crippen molar-refractivity contribution in [3.05, 3.63) is 120 Å². The van der Waals surface area contributed by atoms with E-state index in [-0.39, 0.29) is 10.8 Å². The smallest absolute Gasteiger partial charge is 0.262 e. The number of carbonyl (C=O) groups excluding carboxylic acids is 1. The van der Waals surface area contributed by atoms with E-state index in [1.54, 1.807) is 30.5 Å². The second-order valence-electron chi connectivity index (χ2n) is 7.40. The molecule has 0 aliphatic rings. The van der Waals surface area contributed by atoms with Crippen LogP contribution in [0.15, 0.2) is 108 Å². The van der Waals surface area contributed by atoms with Gasteiger partial charge in [-0.25, -0.2) is 8.42 Å². The monoisotopic (exact) mass is 473 g/mol. The van der Waals surface area contributed by atoms with Gasteiger partial charge in [-0.1, -0.05) is 48.5 Å². The predicted octanol–water partition coefficient (Wildman–Crippen LogP) is 4.41. The molecule has 0 saturated carbocycles. The molecule has 0 fully saturated rings. The van der Waals surface area contributed by atoms with Gasteiger partial charge in [-0.2, -0.15) is 0 Å². The second-order valence-corrected chi connectivity index (χ2v) is 9.08. The number of nitrogens with zero attached hydrogens (tertiary/aromatic N) is 1. The minimum absolute atomic E-state index is 0.0271. The van der Waals surface area contributed by atoms with Crippen LogP contribution in [-0.4, -0.2) is 26.4 Å². The zero-order chi connectivity index (χ0) is 24.0. The highest BCUT2D eigenvalue weighted by Gasteiger charge is 2.20. The first-order valence-electron chi connectivity index (χ1n) is 10.5. The van der Waals surface area contributed by atoms with Crippen molar-refractivity contribution in [2.24, 2.45) is 0 Å². The Bertz CT molecular complexity index is 1320. The number of aromatic nitrogens is 1. The van der Waals surface area contributed by atoms with Gasteiger partial charge in [0.1, 0.15) is 5.75 Å². The number of hydrogen-bond acceptors (Lipinski definition) is 5. The highest BCUT2D eigenvalue weighted by atomic mass is 32.2. The molecule has 172 valence electrons. The first kappa shape index (κ1) is 23.0. The standard InChI is InChI=1S/C26H23N3O4S/c1-33-24-13-6-5-11-22(24)29-34(31,32)21-16-14-20(15-17-21)26(30)28-25(19-9-3-2-4-10-19)23-12-7-8-18-27-23/h2-18,25,29H,1H3,(H,28,30).